The van der Waals surface area contributed by atoms with Crippen LogP contribution in [0, 0.1) is 0 Å². The maximum absolute atomic E-state index is 10.4. The van der Waals surface area contributed by atoms with Crippen LogP contribution in [-0.4, -0.2) is 36.0 Å². The van der Waals surface area contributed by atoms with E-state index >= 15 is 0 Å². The number of aliphatic hydroxyl groups is 1. The first-order valence-corrected chi connectivity index (χ1v) is 6.69. The zero-order chi connectivity index (χ0) is 12.0. The highest BCUT2D eigenvalue weighted by atomic mass is 16.5. The molecule has 3 heteroatoms. The molecule has 0 radical (unpaired) electrons. The van der Waals surface area contributed by atoms with E-state index in [1.165, 1.54) is 25.7 Å². The van der Waals surface area contributed by atoms with Crippen molar-refractivity contribution >= 4 is 0 Å². The largest absolute Gasteiger partial charge is 0.386 e. The molecule has 3 nitrogen and oxygen atoms in total. The highest BCUT2D eigenvalue weighted by Gasteiger charge is 2.39. The van der Waals surface area contributed by atoms with Crippen LogP contribution in [0.1, 0.15) is 52.9 Å². The standard InChI is InChI=1S/C13H27NO2/c1-4-6-12(7-5-2)14-10-13(15)8-9-16-11(13)3/h11-12,14-15H,4-10H2,1-3H3. The minimum absolute atomic E-state index is 0.0381. The van der Waals surface area contributed by atoms with Crippen LogP contribution >= 0.6 is 0 Å². The monoisotopic (exact) mass is 229 g/mol. The second-order valence-corrected chi connectivity index (χ2v) is 5.02. The Morgan fingerprint density at radius 3 is 2.44 bits per heavy atom. The SMILES string of the molecule is CCCC(CCC)NCC1(O)CCOC1C. The fraction of sp³-hybridized carbons (Fsp3) is 1.00. The van der Waals surface area contributed by atoms with E-state index in [1.807, 2.05) is 6.92 Å². The quantitative estimate of drug-likeness (QED) is 0.702. The zero-order valence-electron chi connectivity index (χ0n) is 11.0. The first-order valence-electron chi connectivity index (χ1n) is 6.69. The molecule has 0 aromatic rings. The van der Waals surface area contributed by atoms with Crippen LogP contribution in [0.3, 0.4) is 0 Å². The minimum Gasteiger partial charge on any atom is -0.386 e. The molecule has 0 spiro atoms. The molecule has 0 aromatic heterocycles. The normalized spacial score (nSPS) is 30.2. The predicted octanol–water partition coefficient (Wildman–Crippen LogP) is 2.08. The summed E-state index contributed by atoms with van der Waals surface area (Å²) in [5.41, 5.74) is -0.653. The van der Waals surface area contributed by atoms with E-state index in [9.17, 15) is 5.11 Å². The van der Waals surface area contributed by atoms with E-state index in [1.54, 1.807) is 0 Å². The molecule has 1 saturated heterocycles. The highest BCUT2D eigenvalue weighted by Crippen LogP contribution is 2.25. The van der Waals surface area contributed by atoms with E-state index in [2.05, 4.69) is 19.2 Å². The van der Waals surface area contributed by atoms with E-state index in [4.69, 9.17) is 4.74 Å². The Bertz CT molecular complexity index is 192. The fourth-order valence-electron chi connectivity index (χ4n) is 2.37. The number of hydrogen-bond donors (Lipinski definition) is 2. The molecule has 96 valence electrons. The van der Waals surface area contributed by atoms with E-state index in [0.29, 0.717) is 19.2 Å². The molecular formula is C13H27NO2. The van der Waals surface area contributed by atoms with Crippen molar-refractivity contribution in [1.82, 2.24) is 5.32 Å². The lowest BCUT2D eigenvalue weighted by Crippen LogP contribution is -2.48. The number of nitrogens with one attached hydrogen (secondary N) is 1. The van der Waals surface area contributed by atoms with E-state index < -0.39 is 5.60 Å². The lowest BCUT2D eigenvalue weighted by molar-refractivity contribution is -0.0279. The molecule has 1 aliphatic rings. The Balaban J connectivity index is 2.35. The molecule has 1 fully saturated rings. The van der Waals surface area contributed by atoms with Gasteiger partial charge in [-0.25, -0.2) is 0 Å². The third-order valence-corrected chi connectivity index (χ3v) is 3.63. The van der Waals surface area contributed by atoms with Crippen LogP contribution < -0.4 is 5.32 Å². The molecule has 1 aliphatic heterocycles. The van der Waals surface area contributed by atoms with Gasteiger partial charge in [-0.3, -0.25) is 0 Å². The summed E-state index contributed by atoms with van der Waals surface area (Å²) < 4.78 is 5.43. The second-order valence-electron chi connectivity index (χ2n) is 5.02. The van der Waals surface area contributed by atoms with Gasteiger partial charge < -0.3 is 15.2 Å². The molecule has 0 amide bonds. The summed E-state index contributed by atoms with van der Waals surface area (Å²) in [7, 11) is 0. The first-order chi connectivity index (χ1) is 7.62. The molecule has 16 heavy (non-hydrogen) atoms. The van der Waals surface area contributed by atoms with Crippen LogP contribution in [0.25, 0.3) is 0 Å². The zero-order valence-corrected chi connectivity index (χ0v) is 11.0. The van der Waals surface area contributed by atoms with Crippen molar-refractivity contribution in [3.05, 3.63) is 0 Å². The van der Waals surface area contributed by atoms with Gasteiger partial charge in [0.05, 0.1) is 6.10 Å². The molecule has 0 aliphatic carbocycles. The third-order valence-electron chi connectivity index (χ3n) is 3.63. The van der Waals surface area contributed by atoms with Crippen molar-refractivity contribution < 1.29 is 9.84 Å². The van der Waals surface area contributed by atoms with Gasteiger partial charge in [-0.05, 0) is 19.8 Å². The number of hydrogen-bond acceptors (Lipinski definition) is 3. The summed E-state index contributed by atoms with van der Waals surface area (Å²) in [5.74, 6) is 0. The van der Waals surface area contributed by atoms with Crippen LogP contribution in [0.4, 0.5) is 0 Å². The lowest BCUT2D eigenvalue weighted by atomic mass is 9.95. The summed E-state index contributed by atoms with van der Waals surface area (Å²) in [6.45, 7) is 7.73. The van der Waals surface area contributed by atoms with Gasteiger partial charge in [-0.1, -0.05) is 26.7 Å². The lowest BCUT2D eigenvalue weighted by Gasteiger charge is -2.29. The van der Waals surface area contributed by atoms with Crippen molar-refractivity contribution in [2.45, 2.75) is 70.6 Å². The maximum atomic E-state index is 10.4. The van der Waals surface area contributed by atoms with E-state index in [0.717, 1.165) is 6.42 Å². The molecule has 1 heterocycles. The summed E-state index contributed by atoms with van der Waals surface area (Å²) in [5, 5.41) is 13.9. The second kappa shape index (κ2) is 6.58. The highest BCUT2D eigenvalue weighted by molar-refractivity contribution is 4.92. The Morgan fingerprint density at radius 2 is 2.00 bits per heavy atom. The molecular weight excluding hydrogens is 202 g/mol. The Kier molecular flexibility index (Phi) is 5.73. The van der Waals surface area contributed by atoms with Crippen LogP contribution in [0.2, 0.25) is 0 Å². The average molecular weight is 229 g/mol. The summed E-state index contributed by atoms with van der Waals surface area (Å²) in [4.78, 5) is 0. The van der Waals surface area contributed by atoms with Gasteiger partial charge in [0.15, 0.2) is 0 Å². The fourth-order valence-corrected chi connectivity index (χ4v) is 2.37. The first kappa shape index (κ1) is 13.9. The molecule has 0 aromatic carbocycles. The van der Waals surface area contributed by atoms with Gasteiger partial charge in [0.1, 0.15) is 5.60 Å². The average Bonchev–Trinajstić information content (AvgIpc) is 2.57. The molecule has 1 rings (SSSR count). The Morgan fingerprint density at radius 1 is 1.38 bits per heavy atom. The number of rotatable bonds is 7. The van der Waals surface area contributed by atoms with Gasteiger partial charge in [0.2, 0.25) is 0 Å². The maximum Gasteiger partial charge on any atom is 0.105 e. The molecule has 2 atom stereocenters. The van der Waals surface area contributed by atoms with Crippen molar-refractivity contribution in [3.8, 4) is 0 Å². The van der Waals surface area contributed by atoms with Gasteiger partial charge in [0, 0.05) is 25.6 Å². The van der Waals surface area contributed by atoms with Crippen molar-refractivity contribution in [2.24, 2.45) is 0 Å². The molecule has 2 unspecified atom stereocenters. The topological polar surface area (TPSA) is 41.5 Å². The number of ether oxygens (including phenoxy) is 1. The Hall–Kier alpha value is -0.120. The predicted molar refractivity (Wildman–Crippen MR) is 66.6 cm³/mol. The van der Waals surface area contributed by atoms with Crippen molar-refractivity contribution in [3.63, 3.8) is 0 Å². The third kappa shape index (κ3) is 3.72. The summed E-state index contributed by atoms with van der Waals surface area (Å²) in [6.07, 6.45) is 5.50. The van der Waals surface area contributed by atoms with Gasteiger partial charge in [0.25, 0.3) is 0 Å². The molecule has 2 N–H and O–H groups in total. The Labute approximate surface area is 99.6 Å². The molecule has 0 saturated carbocycles. The molecule has 0 bridgehead atoms. The van der Waals surface area contributed by atoms with Crippen LogP contribution in [-0.2, 0) is 4.74 Å². The van der Waals surface area contributed by atoms with Crippen LogP contribution in [0.5, 0.6) is 0 Å². The summed E-state index contributed by atoms with van der Waals surface area (Å²) in [6, 6.07) is 0.548. The van der Waals surface area contributed by atoms with E-state index in [-0.39, 0.29) is 6.10 Å². The van der Waals surface area contributed by atoms with Crippen LogP contribution in [0.15, 0.2) is 0 Å². The van der Waals surface area contributed by atoms with Gasteiger partial charge >= 0.3 is 0 Å². The smallest absolute Gasteiger partial charge is 0.105 e. The van der Waals surface area contributed by atoms with Crippen molar-refractivity contribution in [1.29, 1.82) is 0 Å². The summed E-state index contributed by atoms with van der Waals surface area (Å²) >= 11 is 0. The minimum atomic E-state index is -0.653. The van der Waals surface area contributed by atoms with Gasteiger partial charge in [-0.2, -0.15) is 0 Å². The van der Waals surface area contributed by atoms with Crippen molar-refractivity contribution in [2.75, 3.05) is 13.2 Å². The van der Waals surface area contributed by atoms with Gasteiger partial charge in [-0.15, -0.1) is 0 Å².